The number of hydrogen-bond donors (Lipinski definition) is 1. The molecule has 1 heterocycles. The average Bonchev–Trinajstić information content (AvgIpc) is 2.62. The van der Waals surface area contributed by atoms with Crippen molar-refractivity contribution in [3.8, 4) is 5.75 Å². The summed E-state index contributed by atoms with van der Waals surface area (Å²) >= 11 is 17.9. The molecule has 0 aliphatic carbocycles. The Morgan fingerprint density at radius 1 is 1.12 bits per heavy atom. The Labute approximate surface area is 162 Å². The number of halogens is 3. The number of methoxy groups -OCH3 is 1. The fourth-order valence-electron chi connectivity index (χ4n) is 2.26. The van der Waals surface area contributed by atoms with Crippen LogP contribution in [0.2, 0.25) is 15.1 Å². The molecule has 0 atom stereocenters. The monoisotopic (exact) mass is 412 g/mol. The molecular formula is C17H11Cl3N2O4. The van der Waals surface area contributed by atoms with Crippen molar-refractivity contribution in [1.82, 2.24) is 9.97 Å². The molecule has 0 radical (unpaired) electrons. The van der Waals surface area contributed by atoms with E-state index in [2.05, 4.69) is 14.7 Å². The molecule has 3 rings (SSSR count). The van der Waals surface area contributed by atoms with Crippen LogP contribution in [0.15, 0.2) is 35.1 Å². The summed E-state index contributed by atoms with van der Waals surface area (Å²) in [6.45, 7) is -0.0642. The summed E-state index contributed by atoms with van der Waals surface area (Å²) in [6, 6.07) is 7.41. The molecule has 0 fully saturated rings. The first kappa shape index (κ1) is 18.5. The molecule has 1 aromatic heterocycles. The van der Waals surface area contributed by atoms with E-state index in [4.69, 9.17) is 39.5 Å². The highest BCUT2D eigenvalue weighted by molar-refractivity contribution is 6.43. The van der Waals surface area contributed by atoms with E-state index in [1.807, 2.05) is 0 Å². The first-order valence-electron chi connectivity index (χ1n) is 7.27. The summed E-state index contributed by atoms with van der Waals surface area (Å²) < 4.78 is 10.2. The second-order valence-corrected chi connectivity index (χ2v) is 6.44. The van der Waals surface area contributed by atoms with Crippen LogP contribution in [0.5, 0.6) is 5.75 Å². The number of rotatable bonds is 4. The minimum absolute atomic E-state index is 0.0642. The Hall–Kier alpha value is -2.28. The minimum atomic E-state index is -0.519. The average molecular weight is 414 g/mol. The van der Waals surface area contributed by atoms with E-state index < -0.39 is 5.97 Å². The van der Waals surface area contributed by atoms with Crippen LogP contribution in [0, 0.1) is 0 Å². The van der Waals surface area contributed by atoms with Gasteiger partial charge in [-0.2, -0.15) is 0 Å². The van der Waals surface area contributed by atoms with Gasteiger partial charge in [-0.25, -0.2) is 9.78 Å². The van der Waals surface area contributed by atoms with Crippen molar-refractivity contribution in [2.24, 2.45) is 0 Å². The number of fused-ring (bicyclic) bond motifs is 1. The Bertz CT molecular complexity index is 1070. The van der Waals surface area contributed by atoms with Crippen LogP contribution in [0.25, 0.3) is 10.9 Å². The lowest BCUT2D eigenvalue weighted by Crippen LogP contribution is -2.14. The second kappa shape index (κ2) is 7.53. The number of benzene rings is 2. The molecule has 26 heavy (non-hydrogen) atoms. The van der Waals surface area contributed by atoms with Gasteiger partial charge in [0.15, 0.2) is 0 Å². The molecule has 2 aromatic carbocycles. The van der Waals surface area contributed by atoms with E-state index in [-0.39, 0.29) is 33.6 Å². The van der Waals surface area contributed by atoms with E-state index in [1.165, 1.54) is 37.4 Å². The third-order valence-electron chi connectivity index (χ3n) is 3.52. The van der Waals surface area contributed by atoms with Crippen molar-refractivity contribution in [2.45, 2.75) is 6.61 Å². The summed E-state index contributed by atoms with van der Waals surface area (Å²) in [4.78, 5) is 30.8. The zero-order valence-electron chi connectivity index (χ0n) is 13.3. The molecule has 9 heteroatoms. The lowest BCUT2D eigenvalue weighted by molar-refractivity contribution is 0.0601. The molecule has 0 unspecified atom stereocenters. The number of hydrogen-bond acceptors (Lipinski definition) is 5. The maximum absolute atomic E-state index is 12.2. The number of esters is 1. The topological polar surface area (TPSA) is 81.3 Å². The Morgan fingerprint density at radius 2 is 1.85 bits per heavy atom. The fraction of sp³-hybridized carbons (Fsp3) is 0.118. The van der Waals surface area contributed by atoms with Crippen LogP contribution in [0.1, 0.15) is 16.2 Å². The molecule has 1 N–H and O–H groups in total. The summed E-state index contributed by atoms with van der Waals surface area (Å²) in [5.41, 5.74) is 0.276. The number of nitrogens with one attached hydrogen (secondary N) is 1. The lowest BCUT2D eigenvalue weighted by Gasteiger charge is -2.09. The van der Waals surface area contributed by atoms with Gasteiger partial charge in [0.25, 0.3) is 5.56 Å². The van der Waals surface area contributed by atoms with E-state index in [1.54, 1.807) is 0 Å². The van der Waals surface area contributed by atoms with Crippen molar-refractivity contribution in [1.29, 1.82) is 0 Å². The predicted octanol–water partition coefficient (Wildman–Crippen LogP) is 4.25. The van der Waals surface area contributed by atoms with Crippen molar-refractivity contribution in [2.75, 3.05) is 7.11 Å². The van der Waals surface area contributed by atoms with Crippen LogP contribution in [-0.2, 0) is 11.3 Å². The summed E-state index contributed by atoms with van der Waals surface area (Å²) in [5.74, 6) is 0.0353. The smallest absolute Gasteiger partial charge is 0.337 e. The molecule has 0 spiro atoms. The number of aromatic amines is 1. The van der Waals surface area contributed by atoms with Gasteiger partial charge in [0.1, 0.15) is 18.2 Å². The number of carbonyl (C=O) groups is 1. The number of nitrogens with zero attached hydrogens (tertiary/aromatic N) is 1. The first-order chi connectivity index (χ1) is 12.4. The van der Waals surface area contributed by atoms with E-state index in [0.29, 0.717) is 21.7 Å². The lowest BCUT2D eigenvalue weighted by atomic mass is 10.1. The highest BCUT2D eigenvalue weighted by Crippen LogP contribution is 2.34. The van der Waals surface area contributed by atoms with Gasteiger partial charge in [-0.1, -0.05) is 34.8 Å². The van der Waals surface area contributed by atoms with Gasteiger partial charge >= 0.3 is 5.97 Å². The maximum Gasteiger partial charge on any atom is 0.337 e. The van der Waals surface area contributed by atoms with Crippen LogP contribution in [-0.4, -0.2) is 23.0 Å². The van der Waals surface area contributed by atoms with Gasteiger partial charge in [-0.15, -0.1) is 0 Å². The zero-order chi connectivity index (χ0) is 18.8. The Balaban J connectivity index is 1.92. The molecule has 0 aliphatic heterocycles. The minimum Gasteiger partial charge on any atom is -0.484 e. The standard InChI is InChI=1S/C17H11Cl3N2O4/c1-25-17(24)8-2-3-9-13(4-8)21-15(22-16(9)23)7-26-14-6-11(19)10(18)5-12(14)20/h2-6H,7H2,1H3,(H,21,22,23). The number of aromatic nitrogens is 2. The molecule has 0 saturated heterocycles. The number of ether oxygens (including phenoxy) is 2. The van der Waals surface area contributed by atoms with Gasteiger partial charge < -0.3 is 14.5 Å². The first-order valence-corrected chi connectivity index (χ1v) is 8.41. The molecule has 3 aromatic rings. The van der Waals surface area contributed by atoms with Gasteiger partial charge in [-0.05, 0) is 24.3 Å². The van der Waals surface area contributed by atoms with Crippen molar-refractivity contribution >= 4 is 51.7 Å². The van der Waals surface area contributed by atoms with Gasteiger partial charge in [0.05, 0.1) is 38.6 Å². The van der Waals surface area contributed by atoms with Crippen LogP contribution < -0.4 is 10.3 Å². The van der Waals surface area contributed by atoms with Crippen molar-refractivity contribution in [3.05, 3.63) is 67.1 Å². The molecular weight excluding hydrogens is 403 g/mol. The van der Waals surface area contributed by atoms with Crippen molar-refractivity contribution < 1.29 is 14.3 Å². The van der Waals surface area contributed by atoms with Crippen LogP contribution in [0.3, 0.4) is 0 Å². The molecule has 0 aliphatic rings. The highest BCUT2D eigenvalue weighted by Gasteiger charge is 2.11. The zero-order valence-corrected chi connectivity index (χ0v) is 15.6. The van der Waals surface area contributed by atoms with Gasteiger partial charge in [0, 0.05) is 6.07 Å². The van der Waals surface area contributed by atoms with E-state index >= 15 is 0 Å². The Morgan fingerprint density at radius 3 is 2.58 bits per heavy atom. The Kier molecular flexibility index (Phi) is 5.36. The predicted molar refractivity (Wildman–Crippen MR) is 99.5 cm³/mol. The van der Waals surface area contributed by atoms with E-state index in [0.717, 1.165) is 0 Å². The molecule has 0 saturated carbocycles. The third-order valence-corrected chi connectivity index (χ3v) is 4.53. The SMILES string of the molecule is COC(=O)c1ccc2c(=O)[nH]c(COc3cc(Cl)c(Cl)cc3Cl)nc2c1. The summed E-state index contributed by atoms with van der Waals surface area (Å²) in [7, 11) is 1.28. The highest BCUT2D eigenvalue weighted by atomic mass is 35.5. The maximum atomic E-state index is 12.2. The summed E-state index contributed by atoms with van der Waals surface area (Å²) in [6.07, 6.45) is 0. The van der Waals surface area contributed by atoms with Gasteiger partial charge in [-0.3, -0.25) is 4.79 Å². The largest absolute Gasteiger partial charge is 0.484 e. The molecule has 6 nitrogen and oxygen atoms in total. The number of H-pyrrole nitrogens is 1. The molecule has 134 valence electrons. The van der Waals surface area contributed by atoms with Crippen LogP contribution in [0.4, 0.5) is 0 Å². The third kappa shape index (κ3) is 3.77. The summed E-state index contributed by atoms with van der Waals surface area (Å²) in [5, 5.41) is 1.20. The normalized spacial score (nSPS) is 10.8. The number of carbonyl (C=O) groups excluding carboxylic acids is 1. The molecule has 0 bridgehead atoms. The van der Waals surface area contributed by atoms with Crippen LogP contribution >= 0.6 is 34.8 Å². The van der Waals surface area contributed by atoms with Crippen molar-refractivity contribution in [3.63, 3.8) is 0 Å². The molecule has 0 amide bonds. The second-order valence-electron chi connectivity index (χ2n) is 5.22. The van der Waals surface area contributed by atoms with Gasteiger partial charge in [0.2, 0.25) is 0 Å². The fourth-order valence-corrected chi connectivity index (χ4v) is 2.85. The quantitative estimate of drug-likeness (QED) is 0.511. The van der Waals surface area contributed by atoms with E-state index in [9.17, 15) is 9.59 Å².